The second-order valence-electron chi connectivity index (χ2n) is 5.02. The molecule has 110 valence electrons. The number of halogens is 1. The lowest BCUT2D eigenvalue weighted by atomic mass is 10.1. The molecule has 4 nitrogen and oxygen atoms in total. The summed E-state index contributed by atoms with van der Waals surface area (Å²) in [6.07, 6.45) is 3.41. The average Bonchev–Trinajstić information content (AvgIpc) is 2.50. The first-order chi connectivity index (χ1) is 9.70. The molecule has 0 radical (unpaired) electrons. The van der Waals surface area contributed by atoms with Gasteiger partial charge in [0, 0.05) is 20.2 Å². The number of guanidine groups is 1. The summed E-state index contributed by atoms with van der Waals surface area (Å²) in [7, 11) is 1.63. The molecule has 0 aliphatic carbocycles. The molecule has 1 heterocycles. The number of aliphatic imine (C=N–C) groups is 1. The van der Waals surface area contributed by atoms with Crippen LogP contribution in [0.2, 0.25) is 0 Å². The summed E-state index contributed by atoms with van der Waals surface area (Å²) in [6, 6.07) is 6.30. The summed E-state index contributed by atoms with van der Waals surface area (Å²) < 4.78 is 18.3. The molecule has 0 amide bonds. The second kappa shape index (κ2) is 7.24. The molecule has 2 rings (SSSR count). The van der Waals surface area contributed by atoms with E-state index in [0.29, 0.717) is 12.5 Å². The van der Waals surface area contributed by atoms with Crippen molar-refractivity contribution in [2.75, 3.05) is 26.7 Å². The number of rotatable bonds is 4. The van der Waals surface area contributed by atoms with Crippen LogP contribution in [0, 0.1) is 5.82 Å². The van der Waals surface area contributed by atoms with E-state index < -0.39 is 0 Å². The molecule has 1 unspecified atom stereocenters. The summed E-state index contributed by atoms with van der Waals surface area (Å²) in [5.41, 5.74) is 6.92. The number of ether oxygens (including phenoxy) is 1. The lowest BCUT2D eigenvalue weighted by molar-refractivity contribution is 0.110. The van der Waals surface area contributed by atoms with Crippen molar-refractivity contribution in [2.45, 2.75) is 25.4 Å². The highest BCUT2D eigenvalue weighted by molar-refractivity contribution is 5.78. The fourth-order valence-corrected chi connectivity index (χ4v) is 2.39. The third-order valence-electron chi connectivity index (χ3n) is 3.63. The SMILES string of the molecule is COC(CN=C(N)N1CCCCC1)c1ccc(F)cc1. The maximum absolute atomic E-state index is 12.9. The van der Waals surface area contributed by atoms with Crippen molar-refractivity contribution in [3.8, 4) is 0 Å². The standard InChI is InChI=1S/C15H22FN3O/c1-20-14(12-5-7-13(16)8-6-12)11-18-15(17)19-9-3-2-4-10-19/h5-8,14H,2-4,9-11H2,1H3,(H2,17,18). The lowest BCUT2D eigenvalue weighted by Crippen LogP contribution is -2.41. The summed E-state index contributed by atoms with van der Waals surface area (Å²) in [4.78, 5) is 6.53. The Morgan fingerprint density at radius 1 is 1.30 bits per heavy atom. The Hall–Kier alpha value is -1.62. The van der Waals surface area contributed by atoms with Crippen LogP contribution in [-0.4, -0.2) is 37.6 Å². The molecule has 0 saturated carbocycles. The average molecular weight is 279 g/mol. The molecular formula is C15H22FN3O. The van der Waals surface area contributed by atoms with Gasteiger partial charge in [0.05, 0.1) is 6.54 Å². The third kappa shape index (κ3) is 3.93. The van der Waals surface area contributed by atoms with E-state index >= 15 is 0 Å². The van der Waals surface area contributed by atoms with E-state index in [1.165, 1.54) is 31.4 Å². The minimum absolute atomic E-state index is 0.195. The number of methoxy groups -OCH3 is 1. The molecule has 0 spiro atoms. The Bertz CT molecular complexity index is 441. The first-order valence-electron chi connectivity index (χ1n) is 7.04. The minimum Gasteiger partial charge on any atom is -0.375 e. The minimum atomic E-state index is -0.250. The number of hydrogen-bond acceptors (Lipinski definition) is 2. The van der Waals surface area contributed by atoms with E-state index in [1.54, 1.807) is 19.2 Å². The summed E-state index contributed by atoms with van der Waals surface area (Å²) in [5, 5.41) is 0. The Morgan fingerprint density at radius 2 is 1.95 bits per heavy atom. The molecule has 5 heteroatoms. The van der Waals surface area contributed by atoms with Crippen LogP contribution in [0.25, 0.3) is 0 Å². The van der Waals surface area contributed by atoms with Crippen molar-refractivity contribution in [2.24, 2.45) is 10.7 Å². The van der Waals surface area contributed by atoms with Gasteiger partial charge in [-0.2, -0.15) is 0 Å². The first-order valence-corrected chi connectivity index (χ1v) is 7.04. The zero-order valence-electron chi connectivity index (χ0n) is 11.9. The molecule has 0 bridgehead atoms. The van der Waals surface area contributed by atoms with Crippen molar-refractivity contribution < 1.29 is 9.13 Å². The van der Waals surface area contributed by atoms with Gasteiger partial charge in [0.2, 0.25) is 0 Å². The van der Waals surface area contributed by atoms with Gasteiger partial charge in [-0.3, -0.25) is 4.99 Å². The maximum Gasteiger partial charge on any atom is 0.191 e. The van der Waals surface area contributed by atoms with E-state index in [0.717, 1.165) is 18.7 Å². The predicted molar refractivity (Wildman–Crippen MR) is 78.1 cm³/mol. The van der Waals surface area contributed by atoms with Crippen molar-refractivity contribution in [1.82, 2.24) is 4.90 Å². The summed E-state index contributed by atoms with van der Waals surface area (Å²) >= 11 is 0. The number of piperidine rings is 1. The van der Waals surface area contributed by atoms with Gasteiger partial charge in [-0.05, 0) is 37.0 Å². The second-order valence-corrected chi connectivity index (χ2v) is 5.02. The van der Waals surface area contributed by atoms with Gasteiger partial charge in [-0.25, -0.2) is 4.39 Å². The van der Waals surface area contributed by atoms with Gasteiger partial charge < -0.3 is 15.4 Å². The van der Waals surface area contributed by atoms with Crippen LogP contribution < -0.4 is 5.73 Å². The molecule has 1 aliphatic rings. The molecule has 1 aromatic carbocycles. The van der Waals surface area contributed by atoms with E-state index in [9.17, 15) is 4.39 Å². The molecule has 1 aromatic rings. The predicted octanol–water partition coefficient (Wildman–Crippen LogP) is 2.31. The lowest BCUT2D eigenvalue weighted by Gasteiger charge is -2.27. The van der Waals surface area contributed by atoms with Gasteiger partial charge in [0.1, 0.15) is 11.9 Å². The molecule has 20 heavy (non-hydrogen) atoms. The number of nitrogens with two attached hydrogens (primary N) is 1. The van der Waals surface area contributed by atoms with Crippen LogP contribution >= 0.6 is 0 Å². The van der Waals surface area contributed by atoms with Crippen molar-refractivity contribution in [1.29, 1.82) is 0 Å². The van der Waals surface area contributed by atoms with Crippen LogP contribution in [0.3, 0.4) is 0 Å². The van der Waals surface area contributed by atoms with Gasteiger partial charge in [-0.1, -0.05) is 12.1 Å². The third-order valence-corrected chi connectivity index (χ3v) is 3.63. The highest BCUT2D eigenvalue weighted by Crippen LogP contribution is 2.17. The summed E-state index contributed by atoms with van der Waals surface area (Å²) in [5.74, 6) is 0.328. The molecule has 0 aromatic heterocycles. The highest BCUT2D eigenvalue weighted by Gasteiger charge is 2.14. The monoisotopic (exact) mass is 279 g/mol. The van der Waals surface area contributed by atoms with Gasteiger partial charge in [0.25, 0.3) is 0 Å². The Kier molecular flexibility index (Phi) is 5.35. The summed E-state index contributed by atoms with van der Waals surface area (Å²) in [6.45, 7) is 2.40. The van der Waals surface area contributed by atoms with E-state index in [-0.39, 0.29) is 11.9 Å². The van der Waals surface area contributed by atoms with Crippen LogP contribution in [0.15, 0.2) is 29.3 Å². The highest BCUT2D eigenvalue weighted by atomic mass is 19.1. The zero-order valence-corrected chi connectivity index (χ0v) is 11.9. The first kappa shape index (κ1) is 14.8. The fourth-order valence-electron chi connectivity index (χ4n) is 2.39. The molecule has 1 fully saturated rings. The molecule has 1 aliphatic heterocycles. The van der Waals surface area contributed by atoms with E-state index in [4.69, 9.17) is 10.5 Å². The van der Waals surface area contributed by atoms with Crippen LogP contribution in [-0.2, 0) is 4.74 Å². The quantitative estimate of drug-likeness (QED) is 0.679. The van der Waals surface area contributed by atoms with Gasteiger partial charge >= 0.3 is 0 Å². The molecule has 1 atom stereocenters. The maximum atomic E-state index is 12.9. The van der Waals surface area contributed by atoms with Gasteiger partial charge in [-0.15, -0.1) is 0 Å². The molecular weight excluding hydrogens is 257 g/mol. The largest absolute Gasteiger partial charge is 0.375 e. The van der Waals surface area contributed by atoms with Crippen LogP contribution in [0.4, 0.5) is 4.39 Å². The fraction of sp³-hybridized carbons (Fsp3) is 0.533. The van der Waals surface area contributed by atoms with Crippen LogP contribution in [0.5, 0.6) is 0 Å². The van der Waals surface area contributed by atoms with Crippen molar-refractivity contribution >= 4 is 5.96 Å². The van der Waals surface area contributed by atoms with Crippen molar-refractivity contribution in [3.05, 3.63) is 35.6 Å². The zero-order chi connectivity index (χ0) is 14.4. The van der Waals surface area contributed by atoms with Gasteiger partial charge in [0.15, 0.2) is 5.96 Å². The molecule has 2 N–H and O–H groups in total. The van der Waals surface area contributed by atoms with E-state index in [2.05, 4.69) is 9.89 Å². The van der Waals surface area contributed by atoms with Crippen LogP contribution in [0.1, 0.15) is 30.9 Å². The molecule has 1 saturated heterocycles. The normalized spacial score (nSPS) is 18.1. The topological polar surface area (TPSA) is 50.9 Å². The Morgan fingerprint density at radius 3 is 2.55 bits per heavy atom. The number of nitrogens with zero attached hydrogens (tertiary/aromatic N) is 2. The smallest absolute Gasteiger partial charge is 0.191 e. The number of benzene rings is 1. The Labute approximate surface area is 119 Å². The number of hydrogen-bond donors (Lipinski definition) is 1. The Balaban J connectivity index is 1.97. The van der Waals surface area contributed by atoms with E-state index in [1.807, 2.05) is 0 Å². The van der Waals surface area contributed by atoms with Crippen molar-refractivity contribution in [3.63, 3.8) is 0 Å². The number of likely N-dealkylation sites (tertiary alicyclic amines) is 1.